The number of rotatable bonds is 2. The first kappa shape index (κ1) is 11.8. The van der Waals surface area contributed by atoms with Crippen molar-refractivity contribution in [2.45, 2.75) is 19.4 Å². The highest BCUT2D eigenvalue weighted by Gasteiger charge is 2.24. The molecule has 3 rings (SSSR count). The second kappa shape index (κ2) is 4.76. The molecule has 0 saturated carbocycles. The number of hydrogen-bond acceptors (Lipinski definition) is 4. The van der Waals surface area contributed by atoms with Crippen molar-refractivity contribution in [3.05, 3.63) is 47.3 Å². The van der Waals surface area contributed by atoms with Crippen molar-refractivity contribution in [1.82, 2.24) is 10.5 Å². The fourth-order valence-corrected chi connectivity index (χ4v) is 2.19. The van der Waals surface area contributed by atoms with Crippen molar-refractivity contribution >= 4 is 5.91 Å². The molecule has 0 spiro atoms. The zero-order chi connectivity index (χ0) is 13.2. The molecule has 1 aliphatic rings. The third-order valence-corrected chi connectivity index (χ3v) is 3.12. The van der Waals surface area contributed by atoms with Crippen LogP contribution in [0.25, 0.3) is 0 Å². The fraction of sp³-hybridized carbons (Fsp3) is 0.286. The Morgan fingerprint density at radius 2 is 2.26 bits per heavy atom. The Balaban J connectivity index is 1.79. The molecule has 2 heterocycles. The predicted octanol–water partition coefficient (Wildman–Crippen LogP) is 2.24. The van der Waals surface area contributed by atoms with Gasteiger partial charge in [0.05, 0.1) is 18.3 Å². The van der Waals surface area contributed by atoms with Gasteiger partial charge < -0.3 is 14.6 Å². The van der Waals surface area contributed by atoms with Gasteiger partial charge in [-0.1, -0.05) is 23.4 Å². The van der Waals surface area contributed by atoms with Crippen LogP contribution in [0.5, 0.6) is 5.75 Å². The lowest BCUT2D eigenvalue weighted by molar-refractivity contribution is 0.0887. The van der Waals surface area contributed by atoms with E-state index < -0.39 is 0 Å². The van der Waals surface area contributed by atoms with Gasteiger partial charge in [0.1, 0.15) is 5.75 Å². The fourth-order valence-electron chi connectivity index (χ4n) is 2.19. The second-order valence-electron chi connectivity index (χ2n) is 4.53. The van der Waals surface area contributed by atoms with Crippen molar-refractivity contribution in [2.24, 2.45) is 0 Å². The van der Waals surface area contributed by atoms with Crippen LogP contribution in [-0.4, -0.2) is 17.7 Å². The molecule has 2 aromatic rings. The Morgan fingerprint density at radius 1 is 1.42 bits per heavy atom. The van der Waals surface area contributed by atoms with Gasteiger partial charge in [-0.05, 0) is 13.0 Å². The van der Waals surface area contributed by atoms with Gasteiger partial charge in [-0.15, -0.1) is 0 Å². The SMILES string of the molecule is Cc1cc(C(=O)N[C@@H]2CCOc3ccccc32)on1. The second-order valence-corrected chi connectivity index (χ2v) is 4.53. The van der Waals surface area contributed by atoms with Crippen LogP contribution in [0.15, 0.2) is 34.9 Å². The lowest BCUT2D eigenvalue weighted by Gasteiger charge is -2.26. The van der Waals surface area contributed by atoms with Gasteiger partial charge in [0.2, 0.25) is 5.76 Å². The number of hydrogen-bond donors (Lipinski definition) is 1. The van der Waals surface area contributed by atoms with Gasteiger partial charge >= 0.3 is 0 Å². The van der Waals surface area contributed by atoms with Gasteiger partial charge in [-0.25, -0.2) is 0 Å². The molecule has 1 aromatic carbocycles. The normalized spacial score (nSPS) is 17.4. The predicted molar refractivity (Wildman–Crippen MR) is 68.0 cm³/mol. The Hall–Kier alpha value is -2.30. The molecule has 0 unspecified atom stereocenters. The highest BCUT2D eigenvalue weighted by atomic mass is 16.5. The summed E-state index contributed by atoms with van der Waals surface area (Å²) < 4.78 is 10.5. The van der Waals surface area contributed by atoms with Gasteiger partial charge in [0, 0.05) is 18.1 Å². The number of nitrogens with one attached hydrogen (secondary N) is 1. The van der Waals surface area contributed by atoms with Crippen LogP contribution in [-0.2, 0) is 0 Å². The number of aryl methyl sites for hydroxylation is 1. The number of amides is 1. The van der Waals surface area contributed by atoms with Crippen molar-refractivity contribution in [3.8, 4) is 5.75 Å². The summed E-state index contributed by atoms with van der Waals surface area (Å²) >= 11 is 0. The molecule has 98 valence electrons. The Kier molecular flexibility index (Phi) is 2.95. The number of ether oxygens (including phenoxy) is 1. The number of nitrogens with zero attached hydrogens (tertiary/aromatic N) is 1. The van der Waals surface area contributed by atoms with E-state index in [0.29, 0.717) is 12.3 Å². The summed E-state index contributed by atoms with van der Waals surface area (Å²) in [5, 5.41) is 6.67. The molecule has 19 heavy (non-hydrogen) atoms. The van der Waals surface area contributed by atoms with Crippen molar-refractivity contribution in [3.63, 3.8) is 0 Å². The molecule has 5 heteroatoms. The van der Waals surface area contributed by atoms with E-state index in [1.165, 1.54) is 0 Å². The van der Waals surface area contributed by atoms with E-state index in [1.54, 1.807) is 13.0 Å². The van der Waals surface area contributed by atoms with Crippen LogP contribution in [0.4, 0.5) is 0 Å². The lowest BCUT2D eigenvalue weighted by atomic mass is 10.0. The van der Waals surface area contributed by atoms with Gasteiger partial charge in [0.15, 0.2) is 0 Å². The maximum Gasteiger partial charge on any atom is 0.290 e. The quantitative estimate of drug-likeness (QED) is 0.897. The molecule has 0 aliphatic carbocycles. The first-order valence-corrected chi connectivity index (χ1v) is 6.20. The van der Waals surface area contributed by atoms with Gasteiger partial charge in [0.25, 0.3) is 5.91 Å². The van der Waals surface area contributed by atoms with E-state index in [-0.39, 0.29) is 17.7 Å². The summed E-state index contributed by atoms with van der Waals surface area (Å²) in [6.45, 7) is 2.38. The minimum absolute atomic E-state index is 0.0529. The summed E-state index contributed by atoms with van der Waals surface area (Å²) in [7, 11) is 0. The molecule has 0 fully saturated rings. The van der Waals surface area contributed by atoms with Crippen molar-refractivity contribution in [2.75, 3.05) is 6.61 Å². The van der Waals surface area contributed by atoms with E-state index in [1.807, 2.05) is 24.3 Å². The van der Waals surface area contributed by atoms with Crippen LogP contribution < -0.4 is 10.1 Å². The van der Waals surface area contributed by atoms with Crippen molar-refractivity contribution in [1.29, 1.82) is 0 Å². The molecule has 0 saturated heterocycles. The van der Waals surface area contributed by atoms with E-state index in [2.05, 4.69) is 10.5 Å². The largest absolute Gasteiger partial charge is 0.493 e. The molecular formula is C14H14N2O3. The zero-order valence-corrected chi connectivity index (χ0v) is 10.6. The maximum absolute atomic E-state index is 12.1. The highest BCUT2D eigenvalue weighted by Crippen LogP contribution is 2.31. The average molecular weight is 258 g/mol. The number of fused-ring (bicyclic) bond motifs is 1. The summed E-state index contributed by atoms with van der Waals surface area (Å²) in [6, 6.07) is 9.30. The summed E-state index contributed by atoms with van der Waals surface area (Å²) in [5.74, 6) is 0.816. The summed E-state index contributed by atoms with van der Waals surface area (Å²) in [6.07, 6.45) is 0.746. The molecule has 0 bridgehead atoms. The zero-order valence-electron chi connectivity index (χ0n) is 10.6. The van der Waals surface area contributed by atoms with Gasteiger partial charge in [-0.2, -0.15) is 0 Å². The standard InChI is InChI=1S/C14H14N2O3/c1-9-8-13(19-16-9)14(17)15-11-6-7-18-12-5-3-2-4-10(11)12/h2-5,8,11H,6-7H2,1H3,(H,15,17)/t11-/m1/s1. The van der Waals surface area contributed by atoms with Crippen LogP contribution in [0, 0.1) is 6.92 Å². The number of benzene rings is 1. The minimum atomic E-state index is -0.248. The third-order valence-electron chi connectivity index (χ3n) is 3.12. The topological polar surface area (TPSA) is 64.4 Å². The molecule has 1 aliphatic heterocycles. The molecule has 1 amide bonds. The van der Waals surface area contributed by atoms with E-state index in [9.17, 15) is 4.79 Å². The number of aromatic nitrogens is 1. The molecule has 5 nitrogen and oxygen atoms in total. The molecule has 1 aromatic heterocycles. The lowest BCUT2D eigenvalue weighted by Crippen LogP contribution is -2.31. The summed E-state index contributed by atoms with van der Waals surface area (Å²) in [4.78, 5) is 12.1. The average Bonchev–Trinajstić information content (AvgIpc) is 2.86. The van der Waals surface area contributed by atoms with Crippen LogP contribution in [0.3, 0.4) is 0 Å². The number of carbonyl (C=O) groups excluding carboxylic acids is 1. The molecule has 1 N–H and O–H groups in total. The van der Waals surface area contributed by atoms with Crippen LogP contribution >= 0.6 is 0 Å². The number of carbonyl (C=O) groups is 1. The maximum atomic E-state index is 12.1. The molecule has 0 radical (unpaired) electrons. The first-order valence-electron chi connectivity index (χ1n) is 6.20. The van der Waals surface area contributed by atoms with Crippen LogP contribution in [0.2, 0.25) is 0 Å². The highest BCUT2D eigenvalue weighted by molar-refractivity contribution is 5.91. The minimum Gasteiger partial charge on any atom is -0.493 e. The van der Waals surface area contributed by atoms with Gasteiger partial charge in [-0.3, -0.25) is 4.79 Å². The monoisotopic (exact) mass is 258 g/mol. The first-order chi connectivity index (χ1) is 9.24. The van der Waals surface area contributed by atoms with Crippen LogP contribution in [0.1, 0.15) is 34.3 Å². The Morgan fingerprint density at radius 3 is 3.05 bits per heavy atom. The van der Waals surface area contributed by atoms with E-state index in [4.69, 9.17) is 9.26 Å². The van der Waals surface area contributed by atoms with E-state index in [0.717, 1.165) is 17.7 Å². The number of para-hydroxylation sites is 1. The van der Waals surface area contributed by atoms with Crippen molar-refractivity contribution < 1.29 is 14.1 Å². The Labute approximate surface area is 110 Å². The third kappa shape index (κ3) is 2.31. The van der Waals surface area contributed by atoms with E-state index >= 15 is 0 Å². The molecular weight excluding hydrogens is 244 g/mol. The summed E-state index contributed by atoms with van der Waals surface area (Å²) in [5.41, 5.74) is 1.69. The Bertz CT molecular complexity index is 606. The smallest absolute Gasteiger partial charge is 0.290 e. The molecule has 1 atom stereocenters.